The predicted octanol–water partition coefficient (Wildman–Crippen LogP) is 2.78. The summed E-state index contributed by atoms with van der Waals surface area (Å²) in [4.78, 5) is 0. The van der Waals surface area contributed by atoms with Crippen molar-refractivity contribution < 1.29 is 8.42 Å². The maximum absolute atomic E-state index is 11.0. The average Bonchev–Trinajstić information content (AvgIpc) is 2.37. The molecule has 6 heteroatoms. The van der Waals surface area contributed by atoms with Crippen LogP contribution in [-0.2, 0) is 10.2 Å². The van der Waals surface area contributed by atoms with Crippen LogP contribution in [0, 0.1) is 6.92 Å². The molecule has 2 aromatic carbocycles. The molecule has 2 aromatic rings. The first kappa shape index (κ1) is 15.3. The first-order chi connectivity index (χ1) is 9.83. The Morgan fingerprint density at radius 1 is 1.05 bits per heavy atom. The van der Waals surface area contributed by atoms with Crippen molar-refractivity contribution in [2.24, 2.45) is 5.14 Å². The Morgan fingerprint density at radius 3 is 2.29 bits per heavy atom. The van der Waals surface area contributed by atoms with Gasteiger partial charge in [0, 0.05) is 11.7 Å². The third kappa shape index (κ3) is 4.77. The van der Waals surface area contributed by atoms with Crippen LogP contribution in [0.2, 0.25) is 0 Å². The molecule has 2 rings (SSSR count). The minimum atomic E-state index is -3.76. The van der Waals surface area contributed by atoms with Gasteiger partial charge in [0.25, 0.3) is 10.2 Å². The molecule has 5 nitrogen and oxygen atoms in total. The van der Waals surface area contributed by atoms with Crippen LogP contribution in [0.5, 0.6) is 0 Å². The van der Waals surface area contributed by atoms with Gasteiger partial charge in [-0.05, 0) is 37.6 Å². The number of aryl methyl sites for hydroxylation is 1. The first-order valence-electron chi connectivity index (χ1n) is 6.57. The quantitative estimate of drug-likeness (QED) is 0.794. The standard InChI is InChI=1S/C15H19N3O2S/c1-11-6-8-13(9-7-11)12(2)17-14-4-3-5-15(10-14)18-21(16,19)20/h3-10,12,17-18H,1-2H3,(H2,16,19,20). The van der Waals surface area contributed by atoms with Gasteiger partial charge in [0.15, 0.2) is 0 Å². The lowest BCUT2D eigenvalue weighted by atomic mass is 10.1. The summed E-state index contributed by atoms with van der Waals surface area (Å²) in [6, 6.07) is 15.4. The lowest BCUT2D eigenvalue weighted by molar-refractivity contribution is 0.603. The Hall–Kier alpha value is -2.05. The summed E-state index contributed by atoms with van der Waals surface area (Å²) >= 11 is 0. The highest BCUT2D eigenvalue weighted by atomic mass is 32.2. The van der Waals surface area contributed by atoms with E-state index in [1.165, 1.54) is 5.56 Å². The number of nitrogens with one attached hydrogen (secondary N) is 2. The summed E-state index contributed by atoms with van der Waals surface area (Å²) in [6.45, 7) is 4.09. The monoisotopic (exact) mass is 305 g/mol. The molecule has 112 valence electrons. The van der Waals surface area contributed by atoms with Crippen molar-refractivity contribution in [3.05, 3.63) is 59.7 Å². The summed E-state index contributed by atoms with van der Waals surface area (Å²) in [5.74, 6) is 0. The van der Waals surface area contributed by atoms with Gasteiger partial charge in [-0.1, -0.05) is 35.9 Å². The van der Waals surface area contributed by atoms with E-state index in [1.54, 1.807) is 18.2 Å². The lowest BCUT2D eigenvalue weighted by Crippen LogP contribution is -2.21. The number of benzene rings is 2. The van der Waals surface area contributed by atoms with Crippen LogP contribution in [-0.4, -0.2) is 8.42 Å². The van der Waals surface area contributed by atoms with E-state index in [-0.39, 0.29) is 6.04 Å². The number of hydrogen-bond acceptors (Lipinski definition) is 3. The van der Waals surface area contributed by atoms with E-state index in [0.717, 1.165) is 11.3 Å². The molecule has 0 amide bonds. The SMILES string of the molecule is Cc1ccc(C(C)Nc2cccc(NS(N)(=O)=O)c2)cc1. The van der Waals surface area contributed by atoms with E-state index in [4.69, 9.17) is 5.14 Å². The zero-order valence-corrected chi connectivity index (χ0v) is 12.8. The van der Waals surface area contributed by atoms with Crippen LogP contribution in [0.4, 0.5) is 11.4 Å². The predicted molar refractivity (Wildman–Crippen MR) is 86.4 cm³/mol. The summed E-state index contributed by atoms with van der Waals surface area (Å²) in [7, 11) is -3.76. The van der Waals surface area contributed by atoms with Crippen molar-refractivity contribution >= 4 is 21.6 Å². The van der Waals surface area contributed by atoms with E-state index >= 15 is 0 Å². The Kier molecular flexibility index (Phi) is 4.50. The Balaban J connectivity index is 2.12. The highest BCUT2D eigenvalue weighted by Crippen LogP contribution is 2.22. The Bertz CT molecular complexity index is 712. The van der Waals surface area contributed by atoms with Gasteiger partial charge in [-0.25, -0.2) is 5.14 Å². The van der Waals surface area contributed by atoms with Crippen LogP contribution in [0.1, 0.15) is 24.1 Å². The van der Waals surface area contributed by atoms with Crippen molar-refractivity contribution in [3.8, 4) is 0 Å². The fourth-order valence-electron chi connectivity index (χ4n) is 2.03. The lowest BCUT2D eigenvalue weighted by Gasteiger charge is -2.16. The molecule has 1 unspecified atom stereocenters. The molecule has 4 N–H and O–H groups in total. The number of hydrogen-bond donors (Lipinski definition) is 3. The van der Waals surface area contributed by atoms with Crippen molar-refractivity contribution in [1.29, 1.82) is 0 Å². The fraction of sp³-hybridized carbons (Fsp3) is 0.200. The highest BCUT2D eigenvalue weighted by molar-refractivity contribution is 7.90. The van der Waals surface area contributed by atoms with Gasteiger partial charge >= 0.3 is 0 Å². The molecule has 21 heavy (non-hydrogen) atoms. The van der Waals surface area contributed by atoms with Gasteiger partial charge in [-0.15, -0.1) is 0 Å². The van der Waals surface area contributed by atoms with Crippen molar-refractivity contribution in [2.45, 2.75) is 19.9 Å². The second kappa shape index (κ2) is 6.15. The number of anilines is 2. The molecule has 0 aliphatic heterocycles. The largest absolute Gasteiger partial charge is 0.378 e. The molecule has 0 aromatic heterocycles. The molecule has 0 bridgehead atoms. The maximum Gasteiger partial charge on any atom is 0.296 e. The number of nitrogens with two attached hydrogens (primary N) is 1. The average molecular weight is 305 g/mol. The van der Waals surface area contributed by atoms with E-state index < -0.39 is 10.2 Å². The third-order valence-corrected chi connectivity index (χ3v) is 3.60. The van der Waals surface area contributed by atoms with Gasteiger partial charge < -0.3 is 5.32 Å². The van der Waals surface area contributed by atoms with Crippen LogP contribution >= 0.6 is 0 Å². The van der Waals surface area contributed by atoms with E-state index in [1.807, 2.05) is 19.9 Å². The smallest absolute Gasteiger partial charge is 0.296 e. The summed E-state index contributed by atoms with van der Waals surface area (Å²) in [5, 5.41) is 8.29. The summed E-state index contributed by atoms with van der Waals surface area (Å²) in [5.41, 5.74) is 3.62. The molecular formula is C15H19N3O2S. The second-order valence-electron chi connectivity index (χ2n) is 5.00. The molecule has 0 spiro atoms. The minimum Gasteiger partial charge on any atom is -0.378 e. The van der Waals surface area contributed by atoms with Crippen LogP contribution in [0.15, 0.2) is 48.5 Å². The van der Waals surface area contributed by atoms with Gasteiger partial charge in [0.2, 0.25) is 0 Å². The Morgan fingerprint density at radius 2 is 1.67 bits per heavy atom. The molecule has 0 heterocycles. The topological polar surface area (TPSA) is 84.2 Å². The summed E-state index contributed by atoms with van der Waals surface area (Å²) < 4.78 is 24.3. The minimum absolute atomic E-state index is 0.107. The Labute approximate surface area is 125 Å². The second-order valence-corrected chi connectivity index (χ2v) is 6.30. The van der Waals surface area contributed by atoms with Crippen LogP contribution in [0.25, 0.3) is 0 Å². The van der Waals surface area contributed by atoms with Crippen LogP contribution < -0.4 is 15.2 Å². The summed E-state index contributed by atoms with van der Waals surface area (Å²) in [6.07, 6.45) is 0. The number of rotatable bonds is 5. The zero-order chi connectivity index (χ0) is 15.5. The van der Waals surface area contributed by atoms with Crippen molar-refractivity contribution in [2.75, 3.05) is 10.0 Å². The van der Waals surface area contributed by atoms with Gasteiger partial charge in [0.05, 0.1) is 5.69 Å². The van der Waals surface area contributed by atoms with Crippen LogP contribution in [0.3, 0.4) is 0 Å². The fourth-order valence-corrected chi connectivity index (χ4v) is 2.48. The third-order valence-electron chi connectivity index (χ3n) is 3.08. The maximum atomic E-state index is 11.0. The zero-order valence-electron chi connectivity index (χ0n) is 12.0. The van der Waals surface area contributed by atoms with Gasteiger partial charge in [-0.2, -0.15) is 8.42 Å². The van der Waals surface area contributed by atoms with Crippen molar-refractivity contribution in [3.63, 3.8) is 0 Å². The van der Waals surface area contributed by atoms with Crippen molar-refractivity contribution in [1.82, 2.24) is 0 Å². The molecule has 0 aliphatic carbocycles. The highest BCUT2D eigenvalue weighted by Gasteiger charge is 2.07. The molecule has 0 saturated carbocycles. The molecule has 0 saturated heterocycles. The normalized spacial score (nSPS) is 12.7. The molecule has 0 radical (unpaired) electrons. The van der Waals surface area contributed by atoms with E-state index in [9.17, 15) is 8.42 Å². The molecule has 0 aliphatic rings. The first-order valence-corrected chi connectivity index (χ1v) is 8.12. The molecular weight excluding hydrogens is 286 g/mol. The van der Waals surface area contributed by atoms with E-state index in [2.05, 4.69) is 34.3 Å². The molecule has 1 atom stereocenters. The van der Waals surface area contributed by atoms with E-state index in [0.29, 0.717) is 5.69 Å². The van der Waals surface area contributed by atoms with Gasteiger partial charge in [-0.3, -0.25) is 4.72 Å². The molecule has 0 fully saturated rings. The van der Waals surface area contributed by atoms with Gasteiger partial charge in [0.1, 0.15) is 0 Å².